The predicted octanol–water partition coefficient (Wildman–Crippen LogP) is 3.10. The van der Waals surface area contributed by atoms with Crippen molar-refractivity contribution in [3.8, 4) is 0 Å². The fourth-order valence-corrected chi connectivity index (χ4v) is 1.78. The van der Waals surface area contributed by atoms with E-state index in [4.69, 9.17) is 16.7 Å². The van der Waals surface area contributed by atoms with Crippen LogP contribution in [0.4, 0.5) is 10.5 Å². The van der Waals surface area contributed by atoms with Gasteiger partial charge in [-0.25, -0.2) is 4.79 Å². The Hall–Kier alpha value is -1.75. The fraction of sp³-hybridized carbons (Fsp3) is 0.385. The van der Waals surface area contributed by atoms with Crippen LogP contribution in [-0.2, 0) is 4.79 Å². The van der Waals surface area contributed by atoms with Crippen LogP contribution in [0.15, 0.2) is 24.3 Å². The summed E-state index contributed by atoms with van der Waals surface area (Å²) in [6.07, 6.45) is 1.27. The number of hydrogen-bond acceptors (Lipinski definition) is 2. The molecule has 0 bridgehead atoms. The number of carbonyl (C=O) groups excluding carboxylic acids is 1. The minimum absolute atomic E-state index is 0.0847. The summed E-state index contributed by atoms with van der Waals surface area (Å²) < 4.78 is 0. The van der Waals surface area contributed by atoms with Gasteiger partial charge in [-0.15, -0.1) is 0 Å². The Labute approximate surface area is 117 Å². The molecule has 0 aliphatic heterocycles. The molecule has 0 spiro atoms. The Bertz CT molecular complexity index is 451. The lowest BCUT2D eigenvalue weighted by molar-refractivity contribution is -0.137. The second-order valence-electron chi connectivity index (χ2n) is 4.30. The topological polar surface area (TPSA) is 78.4 Å². The molecule has 1 unspecified atom stereocenters. The van der Waals surface area contributed by atoms with Crippen molar-refractivity contribution in [3.63, 3.8) is 0 Å². The molecule has 1 rings (SSSR count). The monoisotopic (exact) mass is 284 g/mol. The molecule has 2 amide bonds. The average molecular weight is 285 g/mol. The van der Waals surface area contributed by atoms with Gasteiger partial charge in [0.05, 0.1) is 0 Å². The number of carbonyl (C=O) groups is 2. The van der Waals surface area contributed by atoms with Gasteiger partial charge in [0.1, 0.15) is 0 Å². The number of rotatable bonds is 6. The van der Waals surface area contributed by atoms with E-state index in [0.717, 1.165) is 0 Å². The Morgan fingerprint density at radius 3 is 2.79 bits per heavy atom. The molecule has 5 nitrogen and oxygen atoms in total. The number of benzene rings is 1. The molecule has 0 radical (unpaired) electrons. The van der Waals surface area contributed by atoms with Crippen LogP contribution < -0.4 is 10.6 Å². The highest BCUT2D eigenvalue weighted by atomic mass is 35.5. The first kappa shape index (κ1) is 15.3. The summed E-state index contributed by atoms with van der Waals surface area (Å²) in [7, 11) is 0. The Balaban J connectivity index is 2.32. The van der Waals surface area contributed by atoms with E-state index in [1.165, 1.54) is 0 Å². The molecular formula is C13H17ClN2O3. The van der Waals surface area contributed by atoms with E-state index in [1.54, 1.807) is 24.3 Å². The summed E-state index contributed by atoms with van der Waals surface area (Å²) in [5.74, 6) is -0.824. The molecule has 1 aromatic rings. The van der Waals surface area contributed by atoms with Crippen LogP contribution in [0.5, 0.6) is 0 Å². The summed E-state index contributed by atoms with van der Waals surface area (Å²) in [4.78, 5) is 22.0. The first-order valence-corrected chi connectivity index (χ1v) is 6.40. The molecule has 104 valence electrons. The van der Waals surface area contributed by atoms with Crippen molar-refractivity contribution in [2.24, 2.45) is 0 Å². The number of anilines is 1. The van der Waals surface area contributed by atoms with Crippen LogP contribution in [0.1, 0.15) is 26.2 Å². The fourth-order valence-electron chi connectivity index (χ4n) is 1.59. The number of carboxylic acids is 1. The Kier molecular flexibility index (Phi) is 6.15. The Morgan fingerprint density at radius 1 is 1.42 bits per heavy atom. The largest absolute Gasteiger partial charge is 0.481 e. The van der Waals surface area contributed by atoms with Crippen LogP contribution in [0, 0.1) is 0 Å². The van der Waals surface area contributed by atoms with Gasteiger partial charge in [0.2, 0.25) is 0 Å². The molecule has 6 heteroatoms. The van der Waals surface area contributed by atoms with Crippen LogP contribution in [0.2, 0.25) is 5.02 Å². The van der Waals surface area contributed by atoms with Crippen molar-refractivity contribution in [1.29, 1.82) is 0 Å². The lowest BCUT2D eigenvalue weighted by Gasteiger charge is -2.14. The first-order valence-electron chi connectivity index (χ1n) is 6.02. The molecule has 1 atom stereocenters. The molecule has 0 aliphatic carbocycles. The second-order valence-corrected chi connectivity index (χ2v) is 4.73. The maximum absolute atomic E-state index is 11.6. The van der Waals surface area contributed by atoms with E-state index in [0.29, 0.717) is 23.6 Å². The van der Waals surface area contributed by atoms with Crippen LogP contribution in [0.25, 0.3) is 0 Å². The van der Waals surface area contributed by atoms with E-state index in [1.807, 2.05) is 6.92 Å². The number of amides is 2. The van der Waals surface area contributed by atoms with Crippen LogP contribution >= 0.6 is 11.6 Å². The zero-order chi connectivity index (χ0) is 14.3. The lowest BCUT2D eigenvalue weighted by atomic mass is 10.1. The highest BCUT2D eigenvalue weighted by Gasteiger charge is 2.08. The van der Waals surface area contributed by atoms with Crippen LogP contribution in [0.3, 0.4) is 0 Å². The van der Waals surface area contributed by atoms with E-state index >= 15 is 0 Å². The van der Waals surface area contributed by atoms with Crippen molar-refractivity contribution in [3.05, 3.63) is 29.3 Å². The molecule has 0 aromatic heterocycles. The van der Waals surface area contributed by atoms with Crippen molar-refractivity contribution in [1.82, 2.24) is 5.32 Å². The summed E-state index contributed by atoms with van der Waals surface area (Å²) in [6.45, 7) is 1.83. The minimum atomic E-state index is -0.824. The molecule has 0 saturated heterocycles. The van der Waals surface area contributed by atoms with E-state index in [-0.39, 0.29) is 18.5 Å². The zero-order valence-corrected chi connectivity index (χ0v) is 11.4. The van der Waals surface area contributed by atoms with Gasteiger partial charge in [-0.1, -0.05) is 17.7 Å². The molecule has 0 aliphatic rings. The molecule has 0 heterocycles. The molecular weight excluding hydrogens is 268 g/mol. The number of aliphatic carboxylic acids is 1. The number of hydrogen-bond donors (Lipinski definition) is 3. The van der Waals surface area contributed by atoms with Crippen molar-refractivity contribution < 1.29 is 14.7 Å². The Morgan fingerprint density at radius 2 is 2.16 bits per heavy atom. The maximum atomic E-state index is 11.6. The standard InChI is InChI=1S/C13H17ClN2O3/c1-9(4-2-7-12(17)18)15-13(19)16-11-6-3-5-10(14)8-11/h3,5-6,8-9H,2,4,7H2,1H3,(H,17,18)(H2,15,16,19). The summed E-state index contributed by atoms with van der Waals surface area (Å²) in [6, 6.07) is 6.44. The number of nitrogens with one attached hydrogen (secondary N) is 2. The number of halogens is 1. The van der Waals surface area contributed by atoms with E-state index in [9.17, 15) is 9.59 Å². The van der Waals surface area contributed by atoms with Gasteiger partial charge in [-0.3, -0.25) is 4.79 Å². The zero-order valence-electron chi connectivity index (χ0n) is 10.6. The average Bonchev–Trinajstić information content (AvgIpc) is 2.27. The smallest absolute Gasteiger partial charge is 0.319 e. The molecule has 3 N–H and O–H groups in total. The van der Waals surface area contributed by atoms with Gasteiger partial charge in [0.25, 0.3) is 0 Å². The van der Waals surface area contributed by atoms with Gasteiger partial charge in [0, 0.05) is 23.2 Å². The highest BCUT2D eigenvalue weighted by Crippen LogP contribution is 2.14. The summed E-state index contributed by atoms with van der Waals surface area (Å²) >= 11 is 5.80. The van der Waals surface area contributed by atoms with Crippen LogP contribution in [-0.4, -0.2) is 23.1 Å². The minimum Gasteiger partial charge on any atom is -0.481 e. The second kappa shape index (κ2) is 7.63. The molecule has 1 aromatic carbocycles. The first-order chi connectivity index (χ1) is 8.97. The van der Waals surface area contributed by atoms with E-state index < -0.39 is 5.97 Å². The normalized spacial score (nSPS) is 11.7. The third kappa shape index (κ3) is 6.67. The van der Waals surface area contributed by atoms with Gasteiger partial charge in [0.15, 0.2) is 0 Å². The van der Waals surface area contributed by atoms with Crippen molar-refractivity contribution >= 4 is 29.3 Å². The number of urea groups is 1. The summed E-state index contributed by atoms with van der Waals surface area (Å²) in [5, 5.41) is 14.5. The van der Waals surface area contributed by atoms with Gasteiger partial charge in [-0.05, 0) is 38.0 Å². The lowest BCUT2D eigenvalue weighted by Crippen LogP contribution is -2.36. The van der Waals surface area contributed by atoms with Crippen molar-refractivity contribution in [2.45, 2.75) is 32.2 Å². The SMILES string of the molecule is CC(CCCC(=O)O)NC(=O)Nc1cccc(Cl)c1. The maximum Gasteiger partial charge on any atom is 0.319 e. The van der Waals surface area contributed by atoms with Gasteiger partial charge >= 0.3 is 12.0 Å². The molecule has 0 fully saturated rings. The molecule has 19 heavy (non-hydrogen) atoms. The van der Waals surface area contributed by atoms with E-state index in [2.05, 4.69) is 10.6 Å². The van der Waals surface area contributed by atoms with Crippen molar-refractivity contribution in [2.75, 3.05) is 5.32 Å². The third-order valence-electron chi connectivity index (χ3n) is 2.49. The highest BCUT2D eigenvalue weighted by molar-refractivity contribution is 6.30. The predicted molar refractivity (Wildman–Crippen MR) is 74.6 cm³/mol. The third-order valence-corrected chi connectivity index (χ3v) is 2.72. The van der Waals surface area contributed by atoms with Gasteiger partial charge in [-0.2, -0.15) is 0 Å². The number of carboxylic acid groups (broad SMARTS) is 1. The summed E-state index contributed by atoms with van der Waals surface area (Å²) in [5.41, 5.74) is 0.614. The quantitative estimate of drug-likeness (QED) is 0.751. The molecule has 0 saturated carbocycles. The van der Waals surface area contributed by atoms with Gasteiger partial charge < -0.3 is 15.7 Å².